The van der Waals surface area contributed by atoms with Crippen molar-refractivity contribution in [3.05, 3.63) is 59.7 Å². The maximum absolute atomic E-state index is 5.69. The molecule has 0 saturated carbocycles. The lowest BCUT2D eigenvalue weighted by molar-refractivity contribution is 0.217. The minimum Gasteiger partial charge on any atom is -0.490 e. The van der Waals surface area contributed by atoms with Crippen LogP contribution >= 0.6 is 0 Å². The second-order valence-electron chi connectivity index (χ2n) is 5.27. The SMILES string of the molecule is CCCc1ccc(OCCOc2ccc(CNC)cc2)cc1. The van der Waals surface area contributed by atoms with E-state index in [-0.39, 0.29) is 0 Å². The molecule has 118 valence electrons. The van der Waals surface area contributed by atoms with Crippen LogP contribution in [0.4, 0.5) is 0 Å². The Morgan fingerprint density at radius 1 is 0.773 bits per heavy atom. The van der Waals surface area contributed by atoms with E-state index in [9.17, 15) is 0 Å². The average molecular weight is 299 g/mol. The summed E-state index contributed by atoms with van der Waals surface area (Å²) in [5.74, 6) is 1.77. The number of ether oxygens (including phenoxy) is 2. The van der Waals surface area contributed by atoms with Crippen molar-refractivity contribution in [2.75, 3.05) is 20.3 Å². The molecule has 3 heteroatoms. The molecule has 0 amide bonds. The minimum atomic E-state index is 0.544. The molecule has 0 radical (unpaired) electrons. The molecule has 0 aliphatic carbocycles. The van der Waals surface area contributed by atoms with E-state index in [2.05, 4.69) is 36.5 Å². The Morgan fingerprint density at radius 2 is 1.27 bits per heavy atom. The Labute approximate surface area is 133 Å². The predicted molar refractivity (Wildman–Crippen MR) is 90.6 cm³/mol. The monoisotopic (exact) mass is 299 g/mol. The first-order valence-electron chi connectivity index (χ1n) is 7.90. The van der Waals surface area contributed by atoms with Crippen molar-refractivity contribution >= 4 is 0 Å². The molecule has 1 N–H and O–H groups in total. The van der Waals surface area contributed by atoms with Crippen LogP contribution < -0.4 is 14.8 Å². The standard InChI is InChI=1S/C19H25NO2/c1-3-4-16-5-9-18(10-6-16)21-13-14-22-19-11-7-17(8-12-19)15-20-2/h5-12,20H,3-4,13-15H2,1-2H3. The van der Waals surface area contributed by atoms with Gasteiger partial charge in [0, 0.05) is 6.54 Å². The highest BCUT2D eigenvalue weighted by Crippen LogP contribution is 2.14. The van der Waals surface area contributed by atoms with E-state index in [1.807, 2.05) is 31.3 Å². The van der Waals surface area contributed by atoms with Crippen LogP contribution in [0, 0.1) is 0 Å². The minimum absolute atomic E-state index is 0.544. The molecule has 0 aliphatic rings. The van der Waals surface area contributed by atoms with Gasteiger partial charge >= 0.3 is 0 Å². The van der Waals surface area contributed by atoms with Gasteiger partial charge in [-0.25, -0.2) is 0 Å². The number of aryl methyl sites for hydroxylation is 1. The lowest BCUT2D eigenvalue weighted by Gasteiger charge is -2.09. The molecule has 0 atom stereocenters. The van der Waals surface area contributed by atoms with E-state index in [0.29, 0.717) is 13.2 Å². The Kier molecular flexibility index (Phi) is 6.78. The van der Waals surface area contributed by atoms with Gasteiger partial charge in [0.15, 0.2) is 0 Å². The molecule has 0 fully saturated rings. The van der Waals surface area contributed by atoms with Gasteiger partial charge in [0.2, 0.25) is 0 Å². The fraction of sp³-hybridized carbons (Fsp3) is 0.368. The van der Waals surface area contributed by atoms with Gasteiger partial charge in [0.1, 0.15) is 24.7 Å². The molecule has 0 spiro atoms. The molecule has 2 aromatic rings. The summed E-state index contributed by atoms with van der Waals surface area (Å²) in [6, 6.07) is 16.4. The molecule has 0 saturated heterocycles. The quantitative estimate of drug-likeness (QED) is 0.714. The Balaban J connectivity index is 1.70. The molecular formula is C19H25NO2. The predicted octanol–water partition coefficient (Wildman–Crippen LogP) is 3.82. The van der Waals surface area contributed by atoms with Gasteiger partial charge in [-0.15, -0.1) is 0 Å². The first-order valence-corrected chi connectivity index (χ1v) is 7.90. The summed E-state index contributed by atoms with van der Waals surface area (Å²) < 4.78 is 11.4. The van der Waals surface area contributed by atoms with E-state index in [4.69, 9.17) is 9.47 Å². The van der Waals surface area contributed by atoms with Crippen LogP contribution in [-0.2, 0) is 13.0 Å². The normalized spacial score (nSPS) is 10.5. The molecule has 22 heavy (non-hydrogen) atoms. The largest absolute Gasteiger partial charge is 0.490 e. The van der Waals surface area contributed by atoms with E-state index >= 15 is 0 Å². The first-order chi connectivity index (χ1) is 10.8. The lowest BCUT2D eigenvalue weighted by atomic mass is 10.1. The summed E-state index contributed by atoms with van der Waals surface area (Å²) in [6.07, 6.45) is 2.29. The van der Waals surface area contributed by atoms with E-state index in [1.54, 1.807) is 0 Å². The van der Waals surface area contributed by atoms with Crippen molar-refractivity contribution in [1.82, 2.24) is 5.32 Å². The van der Waals surface area contributed by atoms with Crippen LogP contribution in [0.2, 0.25) is 0 Å². The highest BCUT2D eigenvalue weighted by molar-refractivity contribution is 5.28. The Bertz CT molecular complexity index is 483. The van der Waals surface area contributed by atoms with Crippen LogP contribution in [0.3, 0.4) is 0 Å². The second kappa shape index (κ2) is 9.11. The third kappa shape index (κ3) is 5.41. The Morgan fingerprint density at radius 3 is 1.73 bits per heavy atom. The number of hydrogen-bond donors (Lipinski definition) is 1. The molecule has 0 unspecified atom stereocenters. The zero-order valence-electron chi connectivity index (χ0n) is 13.5. The van der Waals surface area contributed by atoms with Crippen molar-refractivity contribution in [3.63, 3.8) is 0 Å². The first kappa shape index (κ1) is 16.4. The van der Waals surface area contributed by atoms with Crippen molar-refractivity contribution in [3.8, 4) is 11.5 Å². The van der Waals surface area contributed by atoms with Gasteiger partial charge in [-0.3, -0.25) is 0 Å². The van der Waals surface area contributed by atoms with Crippen molar-refractivity contribution in [1.29, 1.82) is 0 Å². The number of nitrogens with one attached hydrogen (secondary N) is 1. The zero-order valence-corrected chi connectivity index (χ0v) is 13.5. The molecule has 2 aromatic carbocycles. The number of benzene rings is 2. The van der Waals surface area contributed by atoms with Crippen LogP contribution in [0.15, 0.2) is 48.5 Å². The topological polar surface area (TPSA) is 30.5 Å². The number of hydrogen-bond acceptors (Lipinski definition) is 3. The van der Waals surface area contributed by atoms with Gasteiger partial charge in [0.05, 0.1) is 0 Å². The van der Waals surface area contributed by atoms with Crippen LogP contribution in [-0.4, -0.2) is 20.3 Å². The van der Waals surface area contributed by atoms with Crippen molar-refractivity contribution in [2.45, 2.75) is 26.3 Å². The summed E-state index contributed by atoms with van der Waals surface area (Å²) in [6.45, 7) is 4.15. The average Bonchev–Trinajstić information content (AvgIpc) is 2.55. The van der Waals surface area contributed by atoms with Gasteiger partial charge in [-0.2, -0.15) is 0 Å². The van der Waals surface area contributed by atoms with Gasteiger partial charge < -0.3 is 14.8 Å². The summed E-state index contributed by atoms with van der Waals surface area (Å²) in [5.41, 5.74) is 2.60. The highest BCUT2D eigenvalue weighted by Gasteiger charge is 1.97. The lowest BCUT2D eigenvalue weighted by Crippen LogP contribution is -2.09. The third-order valence-electron chi connectivity index (χ3n) is 3.39. The molecule has 0 bridgehead atoms. The highest BCUT2D eigenvalue weighted by atomic mass is 16.5. The van der Waals surface area contributed by atoms with Crippen LogP contribution in [0.25, 0.3) is 0 Å². The second-order valence-corrected chi connectivity index (χ2v) is 5.27. The maximum atomic E-state index is 5.69. The maximum Gasteiger partial charge on any atom is 0.122 e. The molecule has 2 rings (SSSR count). The smallest absolute Gasteiger partial charge is 0.122 e. The molecule has 0 heterocycles. The fourth-order valence-corrected chi connectivity index (χ4v) is 2.27. The number of rotatable bonds is 9. The van der Waals surface area contributed by atoms with E-state index in [0.717, 1.165) is 24.5 Å². The molecule has 0 aliphatic heterocycles. The summed E-state index contributed by atoms with van der Waals surface area (Å²) in [4.78, 5) is 0. The summed E-state index contributed by atoms with van der Waals surface area (Å²) in [7, 11) is 1.94. The molecular weight excluding hydrogens is 274 g/mol. The van der Waals surface area contributed by atoms with Gasteiger partial charge in [-0.1, -0.05) is 37.6 Å². The van der Waals surface area contributed by atoms with Crippen LogP contribution in [0.1, 0.15) is 24.5 Å². The fourth-order valence-electron chi connectivity index (χ4n) is 2.27. The van der Waals surface area contributed by atoms with E-state index < -0.39 is 0 Å². The summed E-state index contributed by atoms with van der Waals surface area (Å²) >= 11 is 0. The Hall–Kier alpha value is -2.00. The summed E-state index contributed by atoms with van der Waals surface area (Å²) in [5, 5.41) is 3.12. The van der Waals surface area contributed by atoms with Gasteiger partial charge in [0.25, 0.3) is 0 Å². The van der Waals surface area contributed by atoms with E-state index in [1.165, 1.54) is 17.5 Å². The van der Waals surface area contributed by atoms with Gasteiger partial charge in [-0.05, 0) is 48.9 Å². The molecule has 0 aromatic heterocycles. The van der Waals surface area contributed by atoms with Crippen molar-refractivity contribution < 1.29 is 9.47 Å². The zero-order chi connectivity index (χ0) is 15.6. The molecule has 3 nitrogen and oxygen atoms in total. The van der Waals surface area contributed by atoms with Crippen LogP contribution in [0.5, 0.6) is 11.5 Å². The third-order valence-corrected chi connectivity index (χ3v) is 3.39. The van der Waals surface area contributed by atoms with Crippen molar-refractivity contribution in [2.24, 2.45) is 0 Å².